The first kappa shape index (κ1) is 12.1. The Kier molecular flexibility index (Phi) is 3.81. The van der Waals surface area contributed by atoms with Gasteiger partial charge in [0.25, 0.3) is 0 Å². The summed E-state index contributed by atoms with van der Waals surface area (Å²) in [6.07, 6.45) is 0. The number of hydrogen-bond acceptors (Lipinski definition) is 3. The minimum Gasteiger partial charge on any atom is -0.494 e. The van der Waals surface area contributed by atoms with Crippen molar-refractivity contribution in [2.75, 3.05) is 20.3 Å². The number of para-hydroxylation sites is 1. The summed E-state index contributed by atoms with van der Waals surface area (Å²) < 4.78 is 13.4. The maximum Gasteiger partial charge on any atom is 0.178 e. The topological polar surface area (TPSA) is 39.2 Å². The van der Waals surface area contributed by atoms with Crippen molar-refractivity contribution in [3.05, 3.63) is 23.0 Å². The summed E-state index contributed by atoms with van der Waals surface area (Å²) in [7, 11) is 1.66. The van der Waals surface area contributed by atoms with Crippen LogP contribution in [0.5, 0.6) is 5.75 Å². The van der Waals surface area contributed by atoms with Crippen LogP contribution >= 0.6 is 12.2 Å². The fourth-order valence-corrected chi connectivity index (χ4v) is 2.14. The molecule has 0 fully saturated rings. The lowest BCUT2D eigenvalue weighted by molar-refractivity contribution is 0.139. The summed E-state index contributed by atoms with van der Waals surface area (Å²) in [6, 6.07) is 5.90. The Balaban J connectivity index is 2.42. The number of methoxy groups -OCH3 is 1. The zero-order chi connectivity index (χ0) is 12.3. The van der Waals surface area contributed by atoms with Gasteiger partial charge in [0.2, 0.25) is 0 Å². The van der Waals surface area contributed by atoms with Crippen molar-refractivity contribution in [3.8, 4) is 5.75 Å². The molecule has 1 N–H and O–H groups in total. The highest BCUT2D eigenvalue weighted by atomic mass is 32.1. The van der Waals surface area contributed by atoms with Crippen molar-refractivity contribution < 1.29 is 9.47 Å². The molecule has 1 heterocycles. The van der Waals surface area contributed by atoms with E-state index < -0.39 is 0 Å². The van der Waals surface area contributed by atoms with Gasteiger partial charge in [-0.15, -0.1) is 0 Å². The lowest BCUT2D eigenvalue weighted by Gasteiger charge is -2.05. The van der Waals surface area contributed by atoms with Crippen LogP contribution in [0.2, 0.25) is 0 Å². The van der Waals surface area contributed by atoms with Crippen LogP contribution in [0.15, 0.2) is 18.2 Å². The van der Waals surface area contributed by atoms with Gasteiger partial charge in [0.15, 0.2) is 4.77 Å². The fraction of sp³-hybridized carbons (Fsp3) is 0.417. The van der Waals surface area contributed by atoms with Gasteiger partial charge < -0.3 is 19.0 Å². The van der Waals surface area contributed by atoms with Gasteiger partial charge >= 0.3 is 0 Å². The average molecular weight is 252 g/mol. The smallest absolute Gasteiger partial charge is 0.178 e. The Hall–Kier alpha value is -1.33. The van der Waals surface area contributed by atoms with Crippen molar-refractivity contribution >= 4 is 23.3 Å². The minimum absolute atomic E-state index is 0.662. The lowest BCUT2D eigenvalue weighted by atomic mass is 10.3. The summed E-state index contributed by atoms with van der Waals surface area (Å²) >= 11 is 5.31. The Labute approximate surface area is 105 Å². The molecule has 4 nitrogen and oxygen atoms in total. The number of hydrogen-bond donors (Lipinski definition) is 1. The van der Waals surface area contributed by atoms with Gasteiger partial charge in [-0.1, -0.05) is 6.07 Å². The number of H-pyrrole nitrogens is 1. The fourth-order valence-electron chi connectivity index (χ4n) is 1.85. The SMILES string of the molecule is CCOCCn1c(=S)[nH]c2c(OC)cccc21. The number of fused-ring (bicyclic) bond motifs is 1. The molecule has 17 heavy (non-hydrogen) atoms. The molecule has 0 atom stereocenters. The average Bonchev–Trinajstić information content (AvgIpc) is 2.66. The first-order chi connectivity index (χ1) is 8.27. The molecule has 0 unspecified atom stereocenters. The zero-order valence-corrected chi connectivity index (χ0v) is 10.8. The first-order valence-electron chi connectivity index (χ1n) is 5.61. The van der Waals surface area contributed by atoms with Crippen molar-refractivity contribution in [2.45, 2.75) is 13.5 Å². The number of nitrogens with zero attached hydrogens (tertiary/aromatic N) is 1. The van der Waals surface area contributed by atoms with E-state index in [1.54, 1.807) is 7.11 Å². The van der Waals surface area contributed by atoms with E-state index in [-0.39, 0.29) is 0 Å². The molecule has 2 rings (SSSR count). The first-order valence-corrected chi connectivity index (χ1v) is 6.02. The van der Waals surface area contributed by atoms with E-state index in [4.69, 9.17) is 21.7 Å². The van der Waals surface area contributed by atoms with Crippen LogP contribution in [0.3, 0.4) is 0 Å². The van der Waals surface area contributed by atoms with Crippen LogP contribution in [-0.4, -0.2) is 29.9 Å². The van der Waals surface area contributed by atoms with Gasteiger partial charge in [-0.05, 0) is 31.3 Å². The molecular formula is C12H16N2O2S. The maximum absolute atomic E-state index is 5.36. The molecule has 0 aliphatic rings. The van der Waals surface area contributed by atoms with E-state index in [2.05, 4.69) is 4.98 Å². The third kappa shape index (κ3) is 2.35. The normalized spacial score (nSPS) is 10.9. The number of nitrogens with one attached hydrogen (secondary N) is 1. The van der Waals surface area contributed by atoms with Crippen LogP contribution in [0.1, 0.15) is 6.92 Å². The molecule has 1 aromatic heterocycles. The second-order valence-corrected chi connectivity index (χ2v) is 4.02. The summed E-state index contributed by atoms with van der Waals surface area (Å²) in [5.74, 6) is 0.809. The Morgan fingerprint density at radius 3 is 2.94 bits per heavy atom. The molecule has 1 aromatic carbocycles. The Morgan fingerprint density at radius 1 is 1.41 bits per heavy atom. The van der Waals surface area contributed by atoms with Crippen LogP contribution in [0, 0.1) is 4.77 Å². The molecular weight excluding hydrogens is 236 g/mol. The number of benzene rings is 1. The largest absolute Gasteiger partial charge is 0.494 e. The van der Waals surface area contributed by atoms with Crippen molar-refractivity contribution in [3.63, 3.8) is 0 Å². The number of aromatic amines is 1. The molecule has 0 bridgehead atoms. The number of rotatable bonds is 5. The molecule has 5 heteroatoms. The van der Waals surface area contributed by atoms with Gasteiger partial charge in [-0.3, -0.25) is 0 Å². The number of ether oxygens (including phenoxy) is 2. The van der Waals surface area contributed by atoms with E-state index in [9.17, 15) is 0 Å². The predicted octanol–water partition coefficient (Wildman–Crippen LogP) is 2.74. The van der Waals surface area contributed by atoms with E-state index in [1.165, 1.54) is 0 Å². The van der Waals surface area contributed by atoms with Gasteiger partial charge in [0.1, 0.15) is 11.3 Å². The molecule has 0 spiro atoms. The summed E-state index contributed by atoms with van der Waals surface area (Å²) in [5.41, 5.74) is 1.99. The van der Waals surface area contributed by atoms with E-state index in [0.29, 0.717) is 11.4 Å². The molecule has 0 saturated heterocycles. The number of imidazole rings is 1. The van der Waals surface area contributed by atoms with Gasteiger partial charge in [0, 0.05) is 13.2 Å². The monoisotopic (exact) mass is 252 g/mol. The Morgan fingerprint density at radius 2 is 2.24 bits per heavy atom. The van der Waals surface area contributed by atoms with Crippen molar-refractivity contribution in [1.29, 1.82) is 0 Å². The van der Waals surface area contributed by atoms with Crippen LogP contribution in [0.25, 0.3) is 11.0 Å². The second kappa shape index (κ2) is 5.33. The van der Waals surface area contributed by atoms with Gasteiger partial charge in [-0.2, -0.15) is 0 Å². The number of aromatic nitrogens is 2. The summed E-state index contributed by atoms with van der Waals surface area (Å²) in [4.78, 5) is 3.17. The molecule has 0 radical (unpaired) electrons. The molecule has 0 saturated carbocycles. The van der Waals surface area contributed by atoms with E-state index >= 15 is 0 Å². The van der Waals surface area contributed by atoms with Crippen LogP contribution in [-0.2, 0) is 11.3 Å². The standard InChI is InChI=1S/C12H16N2O2S/c1-3-16-8-7-14-9-5-4-6-10(15-2)11(9)13-12(14)17/h4-6H,3,7-8H2,1-2H3,(H,13,17). The van der Waals surface area contributed by atoms with Crippen molar-refractivity contribution in [2.24, 2.45) is 0 Å². The molecule has 2 aromatic rings. The third-order valence-corrected chi connectivity index (χ3v) is 2.98. The zero-order valence-electron chi connectivity index (χ0n) is 10.0. The summed E-state index contributed by atoms with van der Waals surface area (Å²) in [6.45, 7) is 4.12. The molecule has 92 valence electrons. The highest BCUT2D eigenvalue weighted by Crippen LogP contribution is 2.24. The predicted molar refractivity (Wildman–Crippen MR) is 70.2 cm³/mol. The van der Waals surface area contributed by atoms with Gasteiger partial charge in [0.05, 0.1) is 19.2 Å². The van der Waals surface area contributed by atoms with Crippen LogP contribution in [0.4, 0.5) is 0 Å². The Bertz CT molecular complexity index is 559. The minimum atomic E-state index is 0.662. The van der Waals surface area contributed by atoms with Gasteiger partial charge in [-0.25, -0.2) is 0 Å². The molecule has 0 aliphatic heterocycles. The summed E-state index contributed by atoms with van der Waals surface area (Å²) in [5, 5.41) is 0. The molecule has 0 aliphatic carbocycles. The van der Waals surface area contributed by atoms with E-state index in [0.717, 1.165) is 29.9 Å². The highest BCUT2D eigenvalue weighted by molar-refractivity contribution is 7.71. The lowest BCUT2D eigenvalue weighted by Crippen LogP contribution is -2.05. The second-order valence-electron chi connectivity index (χ2n) is 3.63. The maximum atomic E-state index is 5.36. The van der Waals surface area contributed by atoms with Crippen molar-refractivity contribution in [1.82, 2.24) is 9.55 Å². The van der Waals surface area contributed by atoms with E-state index in [1.807, 2.05) is 29.7 Å². The quantitative estimate of drug-likeness (QED) is 0.657. The highest BCUT2D eigenvalue weighted by Gasteiger charge is 2.07. The molecule has 0 amide bonds. The third-order valence-electron chi connectivity index (χ3n) is 2.66. The van der Waals surface area contributed by atoms with Crippen LogP contribution < -0.4 is 4.74 Å².